The molecule has 242 valence electrons. The zero-order valence-electron chi connectivity index (χ0n) is 25.0. The van der Waals surface area contributed by atoms with Crippen LogP contribution in [0.5, 0.6) is 0 Å². The molecule has 41 heavy (non-hydrogen) atoms. The van der Waals surface area contributed by atoms with Crippen LogP contribution in [0.15, 0.2) is 0 Å². The van der Waals surface area contributed by atoms with E-state index in [2.05, 4.69) is 5.32 Å². The fraction of sp³-hybridized carbons (Fsp3) is 0.893. The fourth-order valence-corrected chi connectivity index (χ4v) is 4.96. The Morgan fingerprint density at radius 2 is 1.39 bits per heavy atom. The van der Waals surface area contributed by atoms with Gasteiger partial charge in [0.1, 0.15) is 11.9 Å². The summed E-state index contributed by atoms with van der Waals surface area (Å²) >= 11 is 3.28. The maximum atomic E-state index is 11.2. The summed E-state index contributed by atoms with van der Waals surface area (Å²) in [7, 11) is 1.61. The number of Topliss-reactive ketones (excluding diaryl/α,β-unsaturated/α-hetero) is 1. The van der Waals surface area contributed by atoms with E-state index in [4.69, 9.17) is 28.4 Å². The van der Waals surface area contributed by atoms with Gasteiger partial charge >= 0.3 is 0 Å². The average molecular weight is 627 g/mol. The Hall–Kier alpha value is -0.930. The van der Waals surface area contributed by atoms with Crippen molar-refractivity contribution in [2.45, 2.75) is 58.0 Å². The van der Waals surface area contributed by atoms with Crippen LogP contribution < -0.4 is 10.4 Å². The first kappa shape index (κ1) is 40.1. The summed E-state index contributed by atoms with van der Waals surface area (Å²) in [4.78, 5) is 32.0. The molecule has 1 heterocycles. The third-order valence-corrected chi connectivity index (χ3v) is 7.62. The van der Waals surface area contributed by atoms with Crippen LogP contribution >= 0.6 is 23.5 Å². The number of hydrogen-bond acceptors (Lipinski definition) is 12. The summed E-state index contributed by atoms with van der Waals surface area (Å²) in [5, 5.41) is 12.6. The lowest BCUT2D eigenvalue weighted by molar-refractivity contribution is -0.305. The van der Waals surface area contributed by atoms with Gasteiger partial charge in [-0.05, 0) is 43.6 Å². The molecule has 0 aliphatic carbocycles. The summed E-state index contributed by atoms with van der Waals surface area (Å²) < 4.78 is 33.4. The highest BCUT2D eigenvalue weighted by atomic mass is 32.2. The minimum absolute atomic E-state index is 0.0322. The van der Waals surface area contributed by atoms with Crippen LogP contribution in [0.4, 0.5) is 0 Å². The Morgan fingerprint density at radius 1 is 0.805 bits per heavy atom. The molecule has 0 aromatic rings. The maximum Gasteiger partial charge on any atom is 0.229 e. The molecule has 1 unspecified atom stereocenters. The van der Waals surface area contributed by atoms with Gasteiger partial charge in [0.2, 0.25) is 5.91 Å². The number of amides is 1. The van der Waals surface area contributed by atoms with Crippen LogP contribution in [-0.4, -0.2) is 126 Å². The average Bonchev–Trinajstić information content (AvgIpc) is 2.98. The first-order chi connectivity index (χ1) is 20.0. The van der Waals surface area contributed by atoms with Crippen LogP contribution in [0.25, 0.3) is 0 Å². The van der Waals surface area contributed by atoms with Gasteiger partial charge in [-0.1, -0.05) is 13.3 Å². The molecule has 1 atom stereocenters. The van der Waals surface area contributed by atoms with Crippen molar-refractivity contribution >= 4 is 41.2 Å². The third kappa shape index (κ3) is 31.8. The number of nitrogens with one attached hydrogen (secondary N) is 1. The quantitative estimate of drug-likeness (QED) is 0.222. The molecular formula is C28H52NO10S2-. The van der Waals surface area contributed by atoms with Gasteiger partial charge in [-0.25, -0.2) is 0 Å². The molecule has 0 aromatic heterocycles. The Morgan fingerprint density at radius 3 is 2.00 bits per heavy atom. The van der Waals surface area contributed by atoms with E-state index in [1.165, 1.54) is 0 Å². The standard InChI is InChI=1S/C19H36O7S.C9H17NO3S/c1-2-18(20)17-27-14-4-3-5-24-15-19-16-25-11-10-22-7-6-21-8-9-23-12-13-26-19;1-10-8(11)7-14-6-4-2-3-5-9(12)13/h19H,2-17H2,1H3;2-7H2,1H3,(H,10,11)(H,12,13)/p-1. The first-order valence-electron chi connectivity index (χ1n) is 14.6. The minimum atomic E-state index is -0.983. The largest absolute Gasteiger partial charge is 0.550 e. The highest BCUT2D eigenvalue weighted by Gasteiger charge is 2.10. The number of carbonyl (C=O) groups is 3. The van der Waals surface area contributed by atoms with Gasteiger partial charge in [0.05, 0.1) is 77.6 Å². The molecule has 1 saturated heterocycles. The second-order valence-electron chi connectivity index (χ2n) is 9.04. The molecule has 1 aliphatic heterocycles. The van der Waals surface area contributed by atoms with Crippen LogP contribution in [0.3, 0.4) is 0 Å². The second-order valence-corrected chi connectivity index (χ2v) is 11.3. The molecule has 1 fully saturated rings. The highest BCUT2D eigenvalue weighted by Crippen LogP contribution is 2.08. The zero-order valence-corrected chi connectivity index (χ0v) is 26.7. The topological polar surface area (TPSA) is 142 Å². The highest BCUT2D eigenvalue weighted by molar-refractivity contribution is 8.00. The van der Waals surface area contributed by atoms with E-state index in [1.807, 2.05) is 6.92 Å². The monoisotopic (exact) mass is 626 g/mol. The number of unbranched alkanes of at least 4 members (excludes halogenated alkanes) is 3. The number of carboxylic acid groups (broad SMARTS) is 1. The van der Waals surface area contributed by atoms with Crippen LogP contribution in [0, 0.1) is 0 Å². The van der Waals surface area contributed by atoms with E-state index in [9.17, 15) is 19.5 Å². The summed E-state index contributed by atoms with van der Waals surface area (Å²) in [5.41, 5.74) is 0. The number of carbonyl (C=O) groups excluding carboxylic acids is 3. The smallest absolute Gasteiger partial charge is 0.229 e. The predicted molar refractivity (Wildman–Crippen MR) is 161 cm³/mol. The van der Waals surface area contributed by atoms with Crippen molar-refractivity contribution in [3.05, 3.63) is 0 Å². The Bertz CT molecular complexity index is 615. The molecule has 11 nitrogen and oxygen atoms in total. The number of carboxylic acids is 1. The molecule has 0 bridgehead atoms. The number of hydrogen-bond donors (Lipinski definition) is 1. The van der Waals surface area contributed by atoms with Gasteiger partial charge in [-0.2, -0.15) is 23.5 Å². The number of aliphatic carboxylic acids is 1. The molecule has 1 rings (SSSR count). The molecule has 0 aromatic carbocycles. The van der Waals surface area contributed by atoms with E-state index in [-0.39, 0.29) is 18.4 Å². The van der Waals surface area contributed by atoms with Crippen molar-refractivity contribution in [2.75, 3.05) is 103 Å². The molecule has 1 aliphatic rings. The summed E-state index contributed by atoms with van der Waals surface area (Å²) in [6.07, 6.45) is 5.21. The van der Waals surface area contributed by atoms with E-state index < -0.39 is 5.97 Å². The van der Waals surface area contributed by atoms with Crippen molar-refractivity contribution in [3.63, 3.8) is 0 Å². The van der Waals surface area contributed by atoms with Crippen molar-refractivity contribution in [3.8, 4) is 0 Å². The van der Waals surface area contributed by atoms with Crippen LogP contribution in [0.1, 0.15) is 51.9 Å². The molecule has 0 saturated carbocycles. The lowest BCUT2D eigenvalue weighted by Gasteiger charge is -2.18. The van der Waals surface area contributed by atoms with E-state index in [0.29, 0.717) is 103 Å². The van der Waals surface area contributed by atoms with Gasteiger partial charge in [-0.3, -0.25) is 9.59 Å². The van der Waals surface area contributed by atoms with E-state index >= 15 is 0 Å². The minimum Gasteiger partial charge on any atom is -0.550 e. The van der Waals surface area contributed by atoms with Crippen LogP contribution in [-0.2, 0) is 42.8 Å². The van der Waals surface area contributed by atoms with E-state index in [0.717, 1.165) is 37.2 Å². The van der Waals surface area contributed by atoms with Crippen molar-refractivity contribution < 1.29 is 47.9 Å². The summed E-state index contributed by atoms with van der Waals surface area (Å²) in [5.74, 6) is 2.38. The molecule has 0 spiro atoms. The summed E-state index contributed by atoms with van der Waals surface area (Å²) in [6, 6.07) is 0. The molecule has 1 N–H and O–H groups in total. The summed E-state index contributed by atoms with van der Waals surface area (Å²) in [6.45, 7) is 7.97. The number of ketones is 1. The molecule has 13 heteroatoms. The van der Waals surface area contributed by atoms with Crippen molar-refractivity contribution in [1.29, 1.82) is 0 Å². The van der Waals surface area contributed by atoms with Gasteiger partial charge in [0.15, 0.2) is 0 Å². The lowest BCUT2D eigenvalue weighted by Crippen LogP contribution is -2.28. The van der Waals surface area contributed by atoms with Crippen molar-refractivity contribution in [1.82, 2.24) is 5.32 Å². The molecule has 1 amide bonds. The van der Waals surface area contributed by atoms with Crippen molar-refractivity contribution in [2.24, 2.45) is 0 Å². The van der Waals surface area contributed by atoms with Crippen LogP contribution in [0.2, 0.25) is 0 Å². The predicted octanol–water partition coefficient (Wildman–Crippen LogP) is 1.74. The normalized spacial score (nSPS) is 17.4. The third-order valence-electron chi connectivity index (χ3n) is 5.47. The molecular weight excluding hydrogens is 574 g/mol. The number of rotatable bonds is 18. The second kappa shape index (κ2) is 32.0. The first-order valence-corrected chi connectivity index (χ1v) is 16.9. The Labute approximate surface area is 254 Å². The van der Waals surface area contributed by atoms with E-state index in [1.54, 1.807) is 30.6 Å². The van der Waals surface area contributed by atoms with Gasteiger partial charge in [-0.15, -0.1) is 0 Å². The van der Waals surface area contributed by atoms with Gasteiger partial charge in [0, 0.05) is 26.0 Å². The van der Waals surface area contributed by atoms with Gasteiger partial charge in [0.25, 0.3) is 0 Å². The Kier molecular flexibility index (Phi) is 31.3. The SMILES string of the molecule is CCC(=O)CSCCCCOCC1COCCOCCOCCOCCO1.CNC(=O)CSCCCCCC(=O)[O-]. The number of thioether (sulfide) groups is 2. The van der Waals surface area contributed by atoms with Gasteiger partial charge < -0.3 is 43.6 Å². The number of ether oxygens (including phenoxy) is 6. The lowest BCUT2D eigenvalue weighted by atomic mass is 10.2. The fourth-order valence-electron chi connectivity index (χ4n) is 3.09. The Balaban J connectivity index is 0.000000964. The molecule has 0 radical (unpaired) electrons. The maximum absolute atomic E-state index is 11.2. The zero-order chi connectivity index (χ0) is 30.2.